The molecule has 0 aliphatic rings. The Bertz CT molecular complexity index is 855. The fourth-order valence-corrected chi connectivity index (χ4v) is 2.79. The second kappa shape index (κ2) is 7.79. The van der Waals surface area contributed by atoms with Crippen LogP contribution in [0.5, 0.6) is 5.75 Å². The Morgan fingerprint density at radius 2 is 2.04 bits per heavy atom. The van der Waals surface area contributed by atoms with Crippen molar-refractivity contribution < 1.29 is 9.53 Å². The van der Waals surface area contributed by atoms with Crippen LogP contribution in [0.15, 0.2) is 42.6 Å². The zero-order chi connectivity index (χ0) is 17.6. The number of hydrogen-bond donors (Lipinski definition) is 1. The molecule has 0 aliphatic carbocycles. The standard InChI is InChI=1S/C19H22N4O2/c1-3-13-23-17(22-16-5-4-11-20-18(16)23)10-12-21-19(24)14-6-8-15(25-2)9-7-14/h4-9,11H,3,10,12-13H2,1-2H3,(H,21,24). The van der Waals surface area contributed by atoms with Crippen molar-refractivity contribution in [2.75, 3.05) is 13.7 Å². The van der Waals surface area contributed by atoms with E-state index >= 15 is 0 Å². The summed E-state index contributed by atoms with van der Waals surface area (Å²) < 4.78 is 7.24. The minimum atomic E-state index is -0.0982. The first-order valence-corrected chi connectivity index (χ1v) is 8.45. The SMILES string of the molecule is CCCn1c(CCNC(=O)c2ccc(OC)cc2)nc2cccnc21. The molecule has 1 N–H and O–H groups in total. The van der Waals surface area contributed by atoms with E-state index in [-0.39, 0.29) is 5.91 Å². The van der Waals surface area contributed by atoms with E-state index in [1.54, 1.807) is 37.6 Å². The molecule has 0 radical (unpaired) electrons. The van der Waals surface area contributed by atoms with E-state index in [0.717, 1.165) is 35.7 Å². The van der Waals surface area contributed by atoms with Gasteiger partial charge in [0.25, 0.3) is 5.91 Å². The average molecular weight is 338 g/mol. The number of fused-ring (bicyclic) bond motifs is 1. The molecule has 0 aliphatic heterocycles. The van der Waals surface area contributed by atoms with Crippen molar-refractivity contribution in [2.24, 2.45) is 0 Å². The molecule has 2 heterocycles. The lowest BCUT2D eigenvalue weighted by molar-refractivity contribution is 0.0954. The summed E-state index contributed by atoms with van der Waals surface area (Å²) in [5.74, 6) is 1.59. The number of carbonyl (C=O) groups is 1. The molecule has 1 amide bonds. The van der Waals surface area contributed by atoms with Crippen LogP contribution in [-0.4, -0.2) is 34.1 Å². The Labute approximate surface area is 146 Å². The molecule has 0 atom stereocenters. The molecule has 0 saturated heterocycles. The van der Waals surface area contributed by atoms with Gasteiger partial charge >= 0.3 is 0 Å². The third-order valence-electron chi connectivity index (χ3n) is 4.02. The van der Waals surface area contributed by atoms with Crippen molar-refractivity contribution in [3.8, 4) is 5.75 Å². The number of amides is 1. The van der Waals surface area contributed by atoms with Gasteiger partial charge in [0.15, 0.2) is 5.65 Å². The number of aromatic nitrogens is 3. The summed E-state index contributed by atoms with van der Waals surface area (Å²) in [6.07, 6.45) is 3.46. The van der Waals surface area contributed by atoms with Crippen molar-refractivity contribution in [1.29, 1.82) is 0 Å². The lowest BCUT2D eigenvalue weighted by atomic mass is 10.2. The number of nitrogens with zero attached hydrogens (tertiary/aromatic N) is 3. The van der Waals surface area contributed by atoms with Crippen molar-refractivity contribution >= 4 is 17.1 Å². The van der Waals surface area contributed by atoms with E-state index in [2.05, 4.69) is 26.8 Å². The van der Waals surface area contributed by atoms with Gasteiger partial charge < -0.3 is 14.6 Å². The molecule has 25 heavy (non-hydrogen) atoms. The van der Waals surface area contributed by atoms with Crippen molar-refractivity contribution in [2.45, 2.75) is 26.3 Å². The number of imidazole rings is 1. The second-order valence-corrected chi connectivity index (χ2v) is 5.76. The van der Waals surface area contributed by atoms with E-state index in [9.17, 15) is 4.79 Å². The maximum Gasteiger partial charge on any atom is 0.251 e. The second-order valence-electron chi connectivity index (χ2n) is 5.76. The highest BCUT2D eigenvalue weighted by Crippen LogP contribution is 2.15. The van der Waals surface area contributed by atoms with Crippen LogP contribution in [0.4, 0.5) is 0 Å². The van der Waals surface area contributed by atoms with Gasteiger partial charge in [0.05, 0.1) is 7.11 Å². The number of nitrogens with one attached hydrogen (secondary N) is 1. The maximum absolute atomic E-state index is 12.2. The zero-order valence-corrected chi connectivity index (χ0v) is 14.5. The summed E-state index contributed by atoms with van der Waals surface area (Å²) in [7, 11) is 1.60. The number of carbonyl (C=O) groups excluding carboxylic acids is 1. The molecule has 6 nitrogen and oxygen atoms in total. The number of rotatable bonds is 7. The molecule has 6 heteroatoms. The van der Waals surface area contributed by atoms with Crippen LogP contribution in [0.25, 0.3) is 11.2 Å². The van der Waals surface area contributed by atoms with Gasteiger partial charge in [-0.1, -0.05) is 6.92 Å². The van der Waals surface area contributed by atoms with Gasteiger partial charge in [-0.15, -0.1) is 0 Å². The highest BCUT2D eigenvalue weighted by molar-refractivity contribution is 5.94. The van der Waals surface area contributed by atoms with Crippen LogP contribution in [0.1, 0.15) is 29.5 Å². The van der Waals surface area contributed by atoms with Gasteiger partial charge in [-0.2, -0.15) is 0 Å². The van der Waals surface area contributed by atoms with Gasteiger partial charge in [0.2, 0.25) is 0 Å². The van der Waals surface area contributed by atoms with Crippen LogP contribution in [0.2, 0.25) is 0 Å². The first kappa shape index (κ1) is 17.0. The Balaban J connectivity index is 1.66. The van der Waals surface area contributed by atoms with Crippen molar-refractivity contribution in [1.82, 2.24) is 19.9 Å². The normalized spacial score (nSPS) is 10.8. The number of benzene rings is 1. The molecule has 1 aromatic carbocycles. The first-order chi connectivity index (χ1) is 12.2. The summed E-state index contributed by atoms with van der Waals surface area (Å²) in [6.45, 7) is 3.52. The third kappa shape index (κ3) is 3.79. The fraction of sp³-hybridized carbons (Fsp3) is 0.316. The topological polar surface area (TPSA) is 69.0 Å². The Hall–Kier alpha value is -2.89. The number of ether oxygens (including phenoxy) is 1. The molecule has 0 saturated carbocycles. The largest absolute Gasteiger partial charge is 0.497 e. The molecule has 2 aromatic heterocycles. The molecular weight excluding hydrogens is 316 g/mol. The average Bonchev–Trinajstić information content (AvgIpc) is 3.00. The predicted molar refractivity (Wildman–Crippen MR) is 96.9 cm³/mol. The quantitative estimate of drug-likeness (QED) is 0.719. The number of aryl methyl sites for hydroxylation is 1. The molecule has 0 fully saturated rings. The third-order valence-corrected chi connectivity index (χ3v) is 4.02. The van der Waals surface area contributed by atoms with E-state index in [0.29, 0.717) is 18.5 Å². The van der Waals surface area contributed by atoms with E-state index < -0.39 is 0 Å². The van der Waals surface area contributed by atoms with Crippen molar-refractivity contribution in [3.63, 3.8) is 0 Å². The van der Waals surface area contributed by atoms with Gasteiger partial charge in [0.1, 0.15) is 17.1 Å². The van der Waals surface area contributed by atoms with Crippen LogP contribution < -0.4 is 10.1 Å². The molecule has 0 bridgehead atoms. The molecule has 3 rings (SSSR count). The molecule has 130 valence electrons. The Morgan fingerprint density at radius 1 is 1.24 bits per heavy atom. The van der Waals surface area contributed by atoms with Gasteiger partial charge in [-0.3, -0.25) is 4.79 Å². The minimum absolute atomic E-state index is 0.0982. The molecular formula is C19H22N4O2. The predicted octanol–water partition coefficient (Wildman–Crippen LogP) is 2.82. The van der Waals surface area contributed by atoms with E-state index in [1.807, 2.05) is 12.1 Å². The Kier molecular flexibility index (Phi) is 5.28. The number of hydrogen-bond acceptors (Lipinski definition) is 4. The fourth-order valence-electron chi connectivity index (χ4n) is 2.79. The molecule has 0 unspecified atom stereocenters. The highest BCUT2D eigenvalue weighted by Gasteiger charge is 2.11. The number of pyridine rings is 1. The van der Waals surface area contributed by atoms with E-state index in [4.69, 9.17) is 4.74 Å². The maximum atomic E-state index is 12.2. The van der Waals surface area contributed by atoms with E-state index in [1.165, 1.54) is 0 Å². The summed E-state index contributed by atoms with van der Waals surface area (Å²) in [5.41, 5.74) is 2.41. The molecule has 3 aromatic rings. The Morgan fingerprint density at radius 3 is 2.76 bits per heavy atom. The number of methoxy groups -OCH3 is 1. The lowest BCUT2D eigenvalue weighted by Crippen LogP contribution is -2.26. The summed E-state index contributed by atoms with van der Waals surface area (Å²) in [4.78, 5) is 21.3. The summed E-state index contributed by atoms with van der Waals surface area (Å²) in [6, 6.07) is 10.9. The highest BCUT2D eigenvalue weighted by atomic mass is 16.5. The lowest BCUT2D eigenvalue weighted by Gasteiger charge is -2.08. The van der Waals surface area contributed by atoms with Gasteiger partial charge in [-0.05, 0) is 42.8 Å². The molecule has 0 spiro atoms. The monoisotopic (exact) mass is 338 g/mol. The summed E-state index contributed by atoms with van der Waals surface area (Å²) >= 11 is 0. The van der Waals surface area contributed by atoms with Crippen LogP contribution in [0, 0.1) is 0 Å². The summed E-state index contributed by atoms with van der Waals surface area (Å²) in [5, 5.41) is 2.95. The van der Waals surface area contributed by atoms with Crippen LogP contribution in [-0.2, 0) is 13.0 Å². The van der Waals surface area contributed by atoms with Gasteiger partial charge in [0, 0.05) is 31.3 Å². The van der Waals surface area contributed by atoms with Crippen LogP contribution >= 0.6 is 0 Å². The smallest absolute Gasteiger partial charge is 0.251 e. The van der Waals surface area contributed by atoms with Crippen molar-refractivity contribution in [3.05, 3.63) is 54.0 Å². The zero-order valence-electron chi connectivity index (χ0n) is 14.5. The van der Waals surface area contributed by atoms with Crippen LogP contribution in [0.3, 0.4) is 0 Å². The first-order valence-electron chi connectivity index (χ1n) is 8.45. The van der Waals surface area contributed by atoms with Gasteiger partial charge in [-0.25, -0.2) is 9.97 Å². The minimum Gasteiger partial charge on any atom is -0.497 e.